The van der Waals surface area contributed by atoms with E-state index in [1.807, 2.05) is 0 Å². The van der Waals surface area contributed by atoms with E-state index >= 15 is 0 Å². The Morgan fingerprint density at radius 1 is 1.85 bits per heavy atom. The lowest BCUT2D eigenvalue weighted by molar-refractivity contribution is -0.122. The topological polar surface area (TPSA) is 83.8 Å². The molecule has 2 atom stereocenters. The minimum atomic E-state index is 0.0342. The lowest BCUT2D eigenvalue weighted by atomic mass is 10.3. The highest BCUT2D eigenvalue weighted by molar-refractivity contribution is 5.82. The van der Waals surface area contributed by atoms with Crippen molar-refractivity contribution >= 4 is 5.91 Å². The first-order valence-electron chi connectivity index (χ1n) is 4.28. The van der Waals surface area contributed by atoms with E-state index in [9.17, 15) is 4.79 Å². The Morgan fingerprint density at radius 3 is 3.15 bits per heavy atom. The van der Waals surface area contributed by atoms with Crippen LogP contribution in [0.25, 0.3) is 0 Å². The third-order valence-electron chi connectivity index (χ3n) is 2.20. The fourth-order valence-corrected chi connectivity index (χ4v) is 1.21. The van der Waals surface area contributed by atoms with Gasteiger partial charge in [0.05, 0.1) is 12.1 Å². The first-order chi connectivity index (χ1) is 6.27. The number of aromatic amines is 1. The summed E-state index contributed by atoms with van der Waals surface area (Å²) in [7, 11) is 0. The van der Waals surface area contributed by atoms with Crippen LogP contribution in [0.4, 0.5) is 0 Å². The molecule has 1 heterocycles. The maximum Gasteiger partial charge on any atom is 0.225 e. The molecule has 0 radical (unpaired) electrons. The second-order valence-corrected chi connectivity index (χ2v) is 3.33. The number of nitrogens with two attached hydrogens (primary N) is 1. The number of nitrogens with one attached hydrogen (secondary N) is 2. The number of H-pyrrole nitrogens is 1. The molecule has 5 nitrogen and oxygen atoms in total. The van der Waals surface area contributed by atoms with Crippen LogP contribution in [0.5, 0.6) is 0 Å². The molecule has 1 aliphatic carbocycles. The van der Waals surface area contributed by atoms with Crippen molar-refractivity contribution in [2.75, 3.05) is 0 Å². The number of rotatable bonds is 3. The summed E-state index contributed by atoms with van der Waals surface area (Å²) in [5.74, 6) is 0.0839. The van der Waals surface area contributed by atoms with E-state index in [2.05, 4.69) is 15.5 Å². The Bertz CT molecular complexity index is 295. The molecule has 1 fully saturated rings. The molecule has 1 saturated carbocycles. The van der Waals surface area contributed by atoms with Gasteiger partial charge in [0, 0.05) is 24.3 Å². The molecular weight excluding hydrogens is 168 g/mol. The van der Waals surface area contributed by atoms with Crippen LogP contribution in [0.1, 0.15) is 12.0 Å². The predicted octanol–water partition coefficient (Wildman–Crippen LogP) is -0.627. The number of hydrogen-bond donors (Lipinski definition) is 3. The van der Waals surface area contributed by atoms with Crippen LogP contribution in [-0.4, -0.2) is 22.1 Å². The summed E-state index contributed by atoms with van der Waals surface area (Å²) >= 11 is 0. The van der Waals surface area contributed by atoms with Crippen molar-refractivity contribution in [2.45, 2.75) is 19.0 Å². The van der Waals surface area contributed by atoms with Crippen LogP contribution >= 0.6 is 0 Å². The molecule has 70 valence electrons. The van der Waals surface area contributed by atoms with Crippen molar-refractivity contribution in [3.63, 3.8) is 0 Å². The number of aromatic nitrogens is 2. The van der Waals surface area contributed by atoms with Gasteiger partial charge in [0.25, 0.3) is 0 Å². The van der Waals surface area contributed by atoms with Crippen LogP contribution in [0.15, 0.2) is 12.4 Å². The summed E-state index contributed by atoms with van der Waals surface area (Å²) in [4.78, 5) is 11.3. The van der Waals surface area contributed by atoms with Crippen LogP contribution in [0.3, 0.4) is 0 Å². The molecule has 13 heavy (non-hydrogen) atoms. The highest BCUT2D eigenvalue weighted by Gasteiger charge is 2.39. The Kier molecular flexibility index (Phi) is 2.02. The van der Waals surface area contributed by atoms with E-state index in [4.69, 9.17) is 5.73 Å². The van der Waals surface area contributed by atoms with Crippen LogP contribution in [0, 0.1) is 5.92 Å². The molecule has 1 aromatic heterocycles. The minimum absolute atomic E-state index is 0.0342. The van der Waals surface area contributed by atoms with E-state index in [1.165, 1.54) is 0 Å². The summed E-state index contributed by atoms with van der Waals surface area (Å²) < 4.78 is 0. The van der Waals surface area contributed by atoms with Gasteiger partial charge in [-0.15, -0.1) is 0 Å². The summed E-state index contributed by atoms with van der Waals surface area (Å²) in [6.07, 6.45) is 4.26. The zero-order valence-corrected chi connectivity index (χ0v) is 7.16. The molecule has 1 amide bonds. The third kappa shape index (κ3) is 1.86. The quantitative estimate of drug-likeness (QED) is 0.579. The number of hydrogen-bond acceptors (Lipinski definition) is 3. The average molecular weight is 180 g/mol. The summed E-state index contributed by atoms with van der Waals surface area (Å²) in [6, 6.07) is 0.0735. The Balaban J connectivity index is 1.77. The summed E-state index contributed by atoms with van der Waals surface area (Å²) in [5, 5.41) is 9.25. The van der Waals surface area contributed by atoms with Crippen molar-refractivity contribution in [3.05, 3.63) is 18.0 Å². The van der Waals surface area contributed by atoms with Gasteiger partial charge >= 0.3 is 0 Å². The van der Waals surface area contributed by atoms with Gasteiger partial charge in [0.2, 0.25) is 5.91 Å². The molecule has 0 aliphatic heterocycles. The van der Waals surface area contributed by atoms with Crippen LogP contribution in [0.2, 0.25) is 0 Å². The van der Waals surface area contributed by atoms with Crippen molar-refractivity contribution in [1.82, 2.24) is 15.5 Å². The van der Waals surface area contributed by atoms with Crippen LogP contribution < -0.4 is 11.1 Å². The molecule has 0 saturated heterocycles. The molecule has 5 heteroatoms. The Hall–Kier alpha value is -1.36. The van der Waals surface area contributed by atoms with Gasteiger partial charge in [-0.2, -0.15) is 5.10 Å². The van der Waals surface area contributed by atoms with E-state index < -0.39 is 0 Å². The molecular formula is C8H12N4O. The number of nitrogens with zero attached hydrogens (tertiary/aromatic N) is 1. The predicted molar refractivity (Wildman–Crippen MR) is 46.5 cm³/mol. The number of amides is 1. The molecule has 4 N–H and O–H groups in total. The fourth-order valence-electron chi connectivity index (χ4n) is 1.21. The van der Waals surface area contributed by atoms with Crippen molar-refractivity contribution in [2.24, 2.45) is 11.7 Å². The summed E-state index contributed by atoms with van der Waals surface area (Å²) in [5.41, 5.74) is 6.51. The van der Waals surface area contributed by atoms with E-state index in [-0.39, 0.29) is 17.9 Å². The van der Waals surface area contributed by atoms with Crippen LogP contribution in [-0.2, 0) is 11.3 Å². The smallest absolute Gasteiger partial charge is 0.225 e. The maximum atomic E-state index is 11.3. The monoisotopic (exact) mass is 180 g/mol. The molecule has 2 unspecified atom stereocenters. The SMILES string of the molecule is NC1CC1C(=O)NCc1cn[nH]c1. The molecule has 1 aromatic rings. The van der Waals surface area contributed by atoms with Crippen molar-refractivity contribution in [1.29, 1.82) is 0 Å². The summed E-state index contributed by atoms with van der Waals surface area (Å²) in [6.45, 7) is 0.526. The lowest BCUT2D eigenvalue weighted by Gasteiger charge is -2.00. The molecule has 0 spiro atoms. The van der Waals surface area contributed by atoms with Gasteiger partial charge in [-0.3, -0.25) is 9.89 Å². The highest BCUT2D eigenvalue weighted by Crippen LogP contribution is 2.27. The van der Waals surface area contributed by atoms with Crippen molar-refractivity contribution < 1.29 is 4.79 Å². The average Bonchev–Trinajstić information content (AvgIpc) is 2.68. The first-order valence-corrected chi connectivity index (χ1v) is 4.28. The molecule has 2 rings (SSSR count). The lowest BCUT2D eigenvalue weighted by Crippen LogP contribution is -2.26. The van der Waals surface area contributed by atoms with Gasteiger partial charge in [-0.05, 0) is 6.42 Å². The third-order valence-corrected chi connectivity index (χ3v) is 2.20. The van der Waals surface area contributed by atoms with E-state index in [1.54, 1.807) is 12.4 Å². The largest absolute Gasteiger partial charge is 0.352 e. The fraction of sp³-hybridized carbons (Fsp3) is 0.500. The van der Waals surface area contributed by atoms with Gasteiger partial charge < -0.3 is 11.1 Å². The van der Waals surface area contributed by atoms with Gasteiger partial charge in [-0.25, -0.2) is 0 Å². The molecule has 1 aliphatic rings. The molecule has 0 aromatic carbocycles. The minimum Gasteiger partial charge on any atom is -0.352 e. The zero-order valence-electron chi connectivity index (χ0n) is 7.16. The van der Waals surface area contributed by atoms with E-state index in [0.717, 1.165) is 12.0 Å². The normalized spacial score (nSPS) is 25.6. The standard InChI is InChI=1S/C8H12N4O/c9-7-1-6(7)8(13)10-2-5-3-11-12-4-5/h3-4,6-7H,1-2,9H2,(H,10,13)(H,11,12). The molecule has 0 bridgehead atoms. The zero-order chi connectivity index (χ0) is 9.26. The number of carbonyl (C=O) groups excluding carboxylic acids is 1. The Labute approximate surface area is 75.7 Å². The van der Waals surface area contributed by atoms with Crippen molar-refractivity contribution in [3.8, 4) is 0 Å². The first kappa shape index (κ1) is 8.25. The van der Waals surface area contributed by atoms with Gasteiger partial charge in [-0.1, -0.05) is 0 Å². The Morgan fingerprint density at radius 2 is 2.62 bits per heavy atom. The van der Waals surface area contributed by atoms with E-state index in [0.29, 0.717) is 6.54 Å². The second-order valence-electron chi connectivity index (χ2n) is 3.33. The maximum absolute atomic E-state index is 11.3. The second kappa shape index (κ2) is 3.18. The van der Waals surface area contributed by atoms with Gasteiger partial charge in [0.15, 0.2) is 0 Å². The number of carbonyl (C=O) groups is 1. The van der Waals surface area contributed by atoms with Gasteiger partial charge in [0.1, 0.15) is 0 Å². The highest BCUT2D eigenvalue weighted by atomic mass is 16.2.